The van der Waals surface area contributed by atoms with E-state index in [4.69, 9.17) is 4.74 Å². The third kappa shape index (κ3) is 3.29. The van der Waals surface area contributed by atoms with Crippen LogP contribution in [-0.4, -0.2) is 16.7 Å². The largest absolute Gasteiger partial charge is 0.507 e. The number of aromatic hydroxyl groups is 1. The fourth-order valence-corrected chi connectivity index (χ4v) is 2.32. The van der Waals surface area contributed by atoms with Crippen molar-refractivity contribution in [1.29, 1.82) is 0 Å². The number of para-hydroxylation sites is 1. The van der Waals surface area contributed by atoms with Gasteiger partial charge in [0.15, 0.2) is 0 Å². The van der Waals surface area contributed by atoms with E-state index in [2.05, 4.69) is 6.92 Å². The van der Waals surface area contributed by atoms with E-state index < -0.39 is 11.6 Å². The van der Waals surface area contributed by atoms with Crippen molar-refractivity contribution < 1.29 is 14.6 Å². The molecule has 0 radical (unpaired) electrons. The van der Waals surface area contributed by atoms with Crippen molar-refractivity contribution in [3.05, 3.63) is 54.1 Å². The van der Waals surface area contributed by atoms with Gasteiger partial charge in [0.1, 0.15) is 16.9 Å². The lowest BCUT2D eigenvalue weighted by Gasteiger charge is -2.31. The molecule has 1 N–H and O–H groups in total. The lowest BCUT2D eigenvalue weighted by molar-refractivity contribution is 0.0000416. The summed E-state index contributed by atoms with van der Waals surface area (Å²) in [4.78, 5) is 12.3. The highest BCUT2D eigenvalue weighted by atomic mass is 16.6. The van der Waals surface area contributed by atoms with E-state index in [1.54, 1.807) is 18.2 Å². The van der Waals surface area contributed by atoms with Gasteiger partial charge in [0.25, 0.3) is 0 Å². The van der Waals surface area contributed by atoms with Crippen molar-refractivity contribution in [1.82, 2.24) is 0 Å². The number of carbonyl (C=O) groups excluding carboxylic acids is 1. The van der Waals surface area contributed by atoms with Crippen LogP contribution in [0.1, 0.15) is 43.0 Å². The molecule has 1 aromatic carbocycles. The van der Waals surface area contributed by atoms with Gasteiger partial charge in [-0.1, -0.05) is 43.7 Å². The van der Waals surface area contributed by atoms with Gasteiger partial charge in [0, 0.05) is 6.42 Å². The molecular weight excluding hydrogens is 252 g/mol. The summed E-state index contributed by atoms with van der Waals surface area (Å²) in [6.07, 6.45) is 11.3. The topological polar surface area (TPSA) is 46.5 Å². The van der Waals surface area contributed by atoms with Crippen LogP contribution in [-0.2, 0) is 4.74 Å². The molecule has 0 saturated heterocycles. The zero-order chi connectivity index (χ0) is 14.4. The SMILES string of the molecule is CCCCC1(OC(=O)c2ccccc2O)C=CC=CC1. The maximum Gasteiger partial charge on any atom is 0.342 e. The van der Waals surface area contributed by atoms with E-state index in [-0.39, 0.29) is 11.3 Å². The molecule has 0 aromatic heterocycles. The smallest absolute Gasteiger partial charge is 0.342 e. The van der Waals surface area contributed by atoms with Crippen molar-refractivity contribution in [2.24, 2.45) is 0 Å². The van der Waals surface area contributed by atoms with Crippen molar-refractivity contribution in [3.63, 3.8) is 0 Å². The van der Waals surface area contributed by atoms with Gasteiger partial charge in [0.2, 0.25) is 0 Å². The van der Waals surface area contributed by atoms with Gasteiger partial charge in [-0.2, -0.15) is 0 Å². The molecule has 3 nitrogen and oxygen atoms in total. The summed E-state index contributed by atoms with van der Waals surface area (Å²) >= 11 is 0. The fraction of sp³-hybridized carbons (Fsp3) is 0.353. The third-order valence-electron chi connectivity index (χ3n) is 3.48. The summed E-state index contributed by atoms with van der Waals surface area (Å²) in [5.41, 5.74) is -0.365. The number of hydrogen-bond acceptors (Lipinski definition) is 3. The first-order valence-corrected chi connectivity index (χ1v) is 7.02. The number of rotatable bonds is 5. The Kier molecular flexibility index (Phi) is 4.61. The van der Waals surface area contributed by atoms with Crippen molar-refractivity contribution in [3.8, 4) is 5.75 Å². The molecule has 0 bridgehead atoms. The number of hydrogen-bond donors (Lipinski definition) is 1. The number of phenols is 1. The Morgan fingerprint density at radius 3 is 2.80 bits per heavy atom. The van der Waals surface area contributed by atoms with Crippen molar-refractivity contribution in [2.45, 2.75) is 38.2 Å². The van der Waals surface area contributed by atoms with Crippen LogP contribution in [0.5, 0.6) is 5.75 Å². The minimum Gasteiger partial charge on any atom is -0.507 e. The monoisotopic (exact) mass is 272 g/mol. The molecule has 3 heteroatoms. The Bertz CT molecular complexity index is 531. The van der Waals surface area contributed by atoms with E-state index in [1.165, 1.54) is 6.07 Å². The zero-order valence-corrected chi connectivity index (χ0v) is 11.7. The molecule has 0 saturated carbocycles. The second-order valence-corrected chi connectivity index (χ2v) is 5.07. The Balaban J connectivity index is 2.16. The quantitative estimate of drug-likeness (QED) is 0.824. The molecule has 0 spiro atoms. The molecule has 2 rings (SSSR count). The Hall–Kier alpha value is -2.03. The maximum absolute atomic E-state index is 12.3. The van der Waals surface area contributed by atoms with Crippen molar-refractivity contribution in [2.75, 3.05) is 0 Å². The van der Waals surface area contributed by atoms with Crippen LogP contribution in [0.15, 0.2) is 48.6 Å². The van der Waals surface area contributed by atoms with Crippen LogP contribution < -0.4 is 0 Å². The minimum atomic E-state index is -0.579. The second-order valence-electron chi connectivity index (χ2n) is 5.07. The van der Waals surface area contributed by atoms with Gasteiger partial charge in [-0.05, 0) is 31.1 Å². The van der Waals surface area contributed by atoms with Gasteiger partial charge in [-0.3, -0.25) is 0 Å². The molecule has 1 aliphatic carbocycles. The molecule has 1 aromatic rings. The molecule has 0 amide bonds. The van der Waals surface area contributed by atoms with Crippen LogP contribution in [0.2, 0.25) is 0 Å². The first kappa shape index (κ1) is 14.4. The molecule has 0 aliphatic heterocycles. The highest BCUT2D eigenvalue weighted by molar-refractivity contribution is 5.92. The summed E-state index contributed by atoms with van der Waals surface area (Å²) in [5.74, 6) is -0.516. The average Bonchev–Trinajstić information content (AvgIpc) is 2.46. The van der Waals surface area contributed by atoms with E-state index in [1.807, 2.05) is 24.3 Å². The molecule has 106 valence electrons. The van der Waals surface area contributed by atoms with E-state index in [0.717, 1.165) is 19.3 Å². The minimum absolute atomic E-state index is 0.0431. The highest BCUT2D eigenvalue weighted by Gasteiger charge is 2.32. The second kappa shape index (κ2) is 6.42. The van der Waals surface area contributed by atoms with Gasteiger partial charge in [0.05, 0.1) is 0 Å². The first-order valence-electron chi connectivity index (χ1n) is 7.02. The summed E-state index contributed by atoms with van der Waals surface area (Å²) in [6.45, 7) is 2.11. The molecule has 20 heavy (non-hydrogen) atoms. The van der Waals surface area contributed by atoms with E-state index in [0.29, 0.717) is 6.42 Å². The first-order chi connectivity index (χ1) is 9.67. The van der Waals surface area contributed by atoms with E-state index in [9.17, 15) is 9.90 Å². The van der Waals surface area contributed by atoms with Gasteiger partial charge in [-0.25, -0.2) is 4.79 Å². The predicted octanol–water partition coefficient (Wildman–Crippen LogP) is 3.99. The summed E-state index contributed by atoms with van der Waals surface area (Å²) in [5, 5.41) is 9.74. The number of benzene rings is 1. The Morgan fingerprint density at radius 1 is 1.35 bits per heavy atom. The zero-order valence-electron chi connectivity index (χ0n) is 11.7. The van der Waals surface area contributed by atoms with E-state index >= 15 is 0 Å². The number of unbranched alkanes of at least 4 members (excludes halogenated alkanes) is 1. The maximum atomic E-state index is 12.3. The van der Waals surface area contributed by atoms with Crippen LogP contribution in [0, 0.1) is 0 Å². The number of ether oxygens (including phenoxy) is 1. The molecule has 0 heterocycles. The number of esters is 1. The summed E-state index contributed by atoms with van der Waals surface area (Å²) < 4.78 is 5.71. The van der Waals surface area contributed by atoms with Crippen molar-refractivity contribution >= 4 is 5.97 Å². The van der Waals surface area contributed by atoms with Gasteiger partial charge < -0.3 is 9.84 Å². The Morgan fingerprint density at radius 2 is 2.15 bits per heavy atom. The molecule has 1 atom stereocenters. The highest BCUT2D eigenvalue weighted by Crippen LogP contribution is 2.30. The molecule has 1 unspecified atom stereocenters. The standard InChI is InChI=1S/C17H20O3/c1-2-3-11-17(12-7-4-8-13-17)20-16(19)14-9-5-6-10-15(14)18/h4-10,12,18H,2-3,11,13H2,1H3. The number of allylic oxidation sites excluding steroid dienone is 2. The summed E-state index contributed by atoms with van der Waals surface area (Å²) in [7, 11) is 0. The van der Waals surface area contributed by atoms with Gasteiger partial charge >= 0.3 is 5.97 Å². The Labute approximate surface area is 119 Å². The molecule has 1 aliphatic rings. The number of carbonyl (C=O) groups is 1. The van der Waals surface area contributed by atoms with Crippen LogP contribution in [0.4, 0.5) is 0 Å². The lowest BCUT2D eigenvalue weighted by atomic mass is 9.89. The predicted molar refractivity (Wildman–Crippen MR) is 78.7 cm³/mol. The molecular formula is C17H20O3. The van der Waals surface area contributed by atoms with Crippen LogP contribution >= 0.6 is 0 Å². The molecule has 0 fully saturated rings. The normalized spacial score (nSPS) is 20.9. The fourth-order valence-electron chi connectivity index (χ4n) is 2.32. The average molecular weight is 272 g/mol. The van der Waals surface area contributed by atoms with Crippen LogP contribution in [0.25, 0.3) is 0 Å². The lowest BCUT2D eigenvalue weighted by Crippen LogP contribution is -2.33. The van der Waals surface area contributed by atoms with Gasteiger partial charge in [-0.15, -0.1) is 0 Å². The van der Waals surface area contributed by atoms with Crippen LogP contribution in [0.3, 0.4) is 0 Å². The third-order valence-corrected chi connectivity index (χ3v) is 3.48. The number of phenolic OH excluding ortho intramolecular Hbond substituents is 1. The summed E-state index contributed by atoms with van der Waals surface area (Å²) in [6, 6.07) is 6.47.